The molecular weight excluding hydrogens is 268 g/mol. The van der Waals surface area contributed by atoms with E-state index in [1.807, 2.05) is 24.3 Å². The molecule has 0 spiro atoms. The molecule has 21 heavy (non-hydrogen) atoms. The Morgan fingerprint density at radius 1 is 1.24 bits per heavy atom. The van der Waals surface area contributed by atoms with Gasteiger partial charge in [0.05, 0.1) is 6.61 Å². The molecule has 0 aliphatic heterocycles. The zero-order valence-electron chi connectivity index (χ0n) is 13.1. The van der Waals surface area contributed by atoms with Gasteiger partial charge in [0, 0.05) is 20.2 Å². The van der Waals surface area contributed by atoms with E-state index < -0.39 is 6.10 Å². The molecule has 1 amide bonds. The van der Waals surface area contributed by atoms with E-state index >= 15 is 0 Å². The van der Waals surface area contributed by atoms with Crippen molar-refractivity contribution < 1.29 is 14.3 Å². The fourth-order valence-electron chi connectivity index (χ4n) is 1.77. The van der Waals surface area contributed by atoms with Crippen LogP contribution in [0.4, 0.5) is 0 Å². The molecule has 0 saturated carbocycles. The lowest BCUT2D eigenvalue weighted by Crippen LogP contribution is -2.37. The summed E-state index contributed by atoms with van der Waals surface area (Å²) < 4.78 is 10.5. The number of rotatable bonds is 10. The molecule has 2 N–H and O–H groups in total. The molecule has 5 nitrogen and oxygen atoms in total. The summed E-state index contributed by atoms with van der Waals surface area (Å²) in [5.74, 6) is 0.560. The third-order valence-electron chi connectivity index (χ3n) is 2.97. The molecule has 5 heteroatoms. The quantitative estimate of drug-likeness (QED) is 0.645. The van der Waals surface area contributed by atoms with Gasteiger partial charge in [-0.1, -0.05) is 19.1 Å². The van der Waals surface area contributed by atoms with Crippen LogP contribution in [0.5, 0.6) is 5.75 Å². The lowest BCUT2D eigenvalue weighted by molar-refractivity contribution is -0.127. The fraction of sp³-hybridized carbons (Fsp3) is 0.562. The molecule has 0 saturated heterocycles. The molecule has 0 aliphatic rings. The molecule has 0 fully saturated rings. The molecule has 1 aromatic rings. The van der Waals surface area contributed by atoms with Crippen molar-refractivity contribution in [2.24, 2.45) is 0 Å². The van der Waals surface area contributed by atoms with Gasteiger partial charge in [-0.15, -0.1) is 0 Å². The third-order valence-corrected chi connectivity index (χ3v) is 2.97. The topological polar surface area (TPSA) is 59.6 Å². The van der Waals surface area contributed by atoms with E-state index in [9.17, 15) is 4.79 Å². The van der Waals surface area contributed by atoms with Gasteiger partial charge in [-0.05, 0) is 37.6 Å². The van der Waals surface area contributed by atoms with Crippen molar-refractivity contribution in [2.45, 2.75) is 32.9 Å². The number of ether oxygens (including phenoxy) is 2. The van der Waals surface area contributed by atoms with Gasteiger partial charge in [0.15, 0.2) is 6.10 Å². The zero-order chi connectivity index (χ0) is 15.5. The Morgan fingerprint density at radius 3 is 2.57 bits per heavy atom. The number of hydrogen-bond donors (Lipinski definition) is 2. The number of hydrogen-bond acceptors (Lipinski definition) is 4. The molecule has 0 aliphatic carbocycles. The van der Waals surface area contributed by atoms with Crippen molar-refractivity contribution in [3.63, 3.8) is 0 Å². The van der Waals surface area contributed by atoms with Crippen LogP contribution in [0.15, 0.2) is 24.3 Å². The van der Waals surface area contributed by atoms with Crippen molar-refractivity contribution >= 4 is 5.91 Å². The van der Waals surface area contributed by atoms with Crippen molar-refractivity contribution in [1.82, 2.24) is 10.6 Å². The van der Waals surface area contributed by atoms with Gasteiger partial charge in [0.2, 0.25) is 0 Å². The third kappa shape index (κ3) is 7.11. The first kappa shape index (κ1) is 17.5. The smallest absolute Gasteiger partial charge is 0.260 e. The van der Waals surface area contributed by atoms with Crippen molar-refractivity contribution in [2.75, 3.05) is 26.8 Å². The highest BCUT2D eigenvalue weighted by Gasteiger charge is 2.13. The van der Waals surface area contributed by atoms with Crippen LogP contribution in [-0.2, 0) is 16.1 Å². The first-order valence-electron chi connectivity index (χ1n) is 7.40. The Balaban J connectivity index is 2.38. The van der Waals surface area contributed by atoms with E-state index in [0.29, 0.717) is 18.9 Å². The molecule has 1 unspecified atom stereocenters. The van der Waals surface area contributed by atoms with Crippen molar-refractivity contribution in [1.29, 1.82) is 0 Å². The Morgan fingerprint density at radius 2 is 1.95 bits per heavy atom. The molecule has 0 heterocycles. The van der Waals surface area contributed by atoms with Gasteiger partial charge in [0.25, 0.3) is 5.91 Å². The van der Waals surface area contributed by atoms with Gasteiger partial charge in [0.1, 0.15) is 5.75 Å². The summed E-state index contributed by atoms with van der Waals surface area (Å²) in [6.07, 6.45) is 0.600. The standard InChI is InChI=1S/C16H26N2O3/c1-4-9-17-12-14-5-7-15(8-6-14)21-13(2)16(19)18-10-11-20-3/h5-8,13,17H,4,9-12H2,1-3H3,(H,18,19). The van der Waals surface area contributed by atoms with Crippen LogP contribution in [-0.4, -0.2) is 38.8 Å². The zero-order valence-corrected chi connectivity index (χ0v) is 13.1. The van der Waals surface area contributed by atoms with Crippen LogP contribution in [0, 0.1) is 0 Å². The van der Waals surface area contributed by atoms with Crippen LogP contribution in [0.1, 0.15) is 25.8 Å². The van der Waals surface area contributed by atoms with Gasteiger partial charge in [-0.2, -0.15) is 0 Å². The molecule has 0 radical (unpaired) electrons. The van der Waals surface area contributed by atoms with Crippen LogP contribution in [0.3, 0.4) is 0 Å². The largest absolute Gasteiger partial charge is 0.481 e. The number of benzene rings is 1. The maximum Gasteiger partial charge on any atom is 0.260 e. The minimum Gasteiger partial charge on any atom is -0.481 e. The lowest BCUT2D eigenvalue weighted by atomic mass is 10.2. The summed E-state index contributed by atoms with van der Waals surface area (Å²) in [6.45, 7) is 6.73. The van der Waals surface area contributed by atoms with Gasteiger partial charge >= 0.3 is 0 Å². The molecule has 1 atom stereocenters. The Labute approximate surface area is 127 Å². The monoisotopic (exact) mass is 294 g/mol. The van der Waals surface area contributed by atoms with Crippen molar-refractivity contribution in [3.05, 3.63) is 29.8 Å². The molecule has 0 bridgehead atoms. The van der Waals surface area contributed by atoms with E-state index in [0.717, 1.165) is 19.5 Å². The summed E-state index contributed by atoms with van der Waals surface area (Å²) in [5.41, 5.74) is 1.20. The minimum atomic E-state index is -0.522. The minimum absolute atomic E-state index is 0.138. The first-order valence-corrected chi connectivity index (χ1v) is 7.40. The summed E-state index contributed by atoms with van der Waals surface area (Å²) in [4.78, 5) is 11.8. The molecule has 1 rings (SSSR count). The van der Waals surface area contributed by atoms with E-state index in [2.05, 4.69) is 17.6 Å². The average Bonchev–Trinajstić information content (AvgIpc) is 2.49. The highest BCUT2D eigenvalue weighted by atomic mass is 16.5. The second-order valence-corrected chi connectivity index (χ2v) is 4.86. The van der Waals surface area contributed by atoms with Gasteiger partial charge < -0.3 is 20.1 Å². The summed E-state index contributed by atoms with van der Waals surface area (Å²) in [7, 11) is 1.60. The Bertz CT molecular complexity index is 406. The van der Waals surface area contributed by atoms with Gasteiger partial charge in [-0.3, -0.25) is 4.79 Å². The maximum absolute atomic E-state index is 11.8. The van der Waals surface area contributed by atoms with E-state index in [-0.39, 0.29) is 5.91 Å². The number of carbonyl (C=O) groups is 1. The second kappa shape index (κ2) is 10.2. The predicted octanol–water partition coefficient (Wildman–Crippen LogP) is 1.72. The normalized spacial score (nSPS) is 12.0. The predicted molar refractivity (Wildman–Crippen MR) is 83.4 cm³/mol. The molecular formula is C16H26N2O3. The number of methoxy groups -OCH3 is 1. The van der Waals surface area contributed by atoms with Crippen LogP contribution in [0.25, 0.3) is 0 Å². The summed E-state index contributed by atoms with van der Waals surface area (Å²) in [5, 5.41) is 6.09. The lowest BCUT2D eigenvalue weighted by Gasteiger charge is -2.15. The van der Waals surface area contributed by atoms with Crippen LogP contribution < -0.4 is 15.4 Å². The highest BCUT2D eigenvalue weighted by molar-refractivity contribution is 5.80. The van der Waals surface area contributed by atoms with Crippen molar-refractivity contribution in [3.8, 4) is 5.75 Å². The number of nitrogens with one attached hydrogen (secondary N) is 2. The molecule has 118 valence electrons. The Kier molecular flexibility index (Phi) is 8.47. The Hall–Kier alpha value is -1.59. The summed E-state index contributed by atoms with van der Waals surface area (Å²) in [6, 6.07) is 7.80. The number of carbonyl (C=O) groups excluding carboxylic acids is 1. The van der Waals surface area contributed by atoms with E-state index in [1.165, 1.54) is 5.56 Å². The van der Waals surface area contributed by atoms with Crippen LogP contribution >= 0.6 is 0 Å². The molecule has 0 aromatic heterocycles. The van der Waals surface area contributed by atoms with Gasteiger partial charge in [-0.25, -0.2) is 0 Å². The van der Waals surface area contributed by atoms with E-state index in [4.69, 9.17) is 9.47 Å². The highest BCUT2D eigenvalue weighted by Crippen LogP contribution is 2.14. The first-order chi connectivity index (χ1) is 10.2. The van der Waals surface area contributed by atoms with E-state index in [1.54, 1.807) is 14.0 Å². The maximum atomic E-state index is 11.8. The summed E-state index contributed by atoms with van der Waals surface area (Å²) >= 11 is 0. The SMILES string of the molecule is CCCNCc1ccc(OC(C)C(=O)NCCOC)cc1. The number of amides is 1. The second-order valence-electron chi connectivity index (χ2n) is 4.86. The molecule has 1 aromatic carbocycles. The average molecular weight is 294 g/mol. The van der Waals surface area contributed by atoms with Crippen LogP contribution in [0.2, 0.25) is 0 Å². The fourth-order valence-corrected chi connectivity index (χ4v) is 1.77.